The highest BCUT2D eigenvalue weighted by atomic mass is 16.5. The lowest BCUT2D eigenvalue weighted by Crippen LogP contribution is -2.17. The zero-order valence-electron chi connectivity index (χ0n) is 18.5. The third-order valence-electron chi connectivity index (χ3n) is 5.08. The van der Waals surface area contributed by atoms with Crippen LogP contribution < -0.4 is 25.1 Å². The number of rotatable bonds is 7. The van der Waals surface area contributed by atoms with Crippen LogP contribution in [0.25, 0.3) is 5.65 Å². The van der Waals surface area contributed by atoms with E-state index in [1.165, 1.54) is 24.7 Å². The fourth-order valence-electron chi connectivity index (χ4n) is 3.36. The molecule has 0 saturated heterocycles. The maximum Gasteiger partial charge on any atom is 0.258 e. The molecule has 0 atom stereocenters. The van der Waals surface area contributed by atoms with Gasteiger partial charge in [-0.15, -0.1) is 0 Å². The average molecular weight is 445 g/mol. The van der Waals surface area contributed by atoms with Crippen molar-refractivity contribution in [3.05, 3.63) is 94.0 Å². The van der Waals surface area contributed by atoms with E-state index < -0.39 is 0 Å². The summed E-state index contributed by atoms with van der Waals surface area (Å²) in [5.41, 5.74) is 2.95. The smallest absolute Gasteiger partial charge is 0.258 e. The summed E-state index contributed by atoms with van der Waals surface area (Å²) < 4.78 is 17.7. The van der Waals surface area contributed by atoms with E-state index >= 15 is 0 Å². The summed E-state index contributed by atoms with van der Waals surface area (Å²) in [5, 5.41) is 2.83. The molecule has 4 aromatic rings. The number of aromatic nitrogens is 2. The van der Waals surface area contributed by atoms with Crippen LogP contribution in [0.1, 0.15) is 21.6 Å². The molecular formula is C25H23N3O5. The highest BCUT2D eigenvalue weighted by Crippen LogP contribution is 2.28. The molecule has 0 spiro atoms. The molecule has 1 amide bonds. The van der Waals surface area contributed by atoms with Crippen molar-refractivity contribution in [3.8, 4) is 17.2 Å². The van der Waals surface area contributed by atoms with E-state index in [-0.39, 0.29) is 18.1 Å². The summed E-state index contributed by atoms with van der Waals surface area (Å²) in [4.78, 5) is 29.4. The van der Waals surface area contributed by atoms with Gasteiger partial charge in [0.05, 0.1) is 19.9 Å². The molecule has 0 aliphatic heterocycles. The number of hydrogen-bond acceptors (Lipinski definition) is 6. The number of hydrogen-bond donors (Lipinski definition) is 1. The first-order valence-corrected chi connectivity index (χ1v) is 10.2. The van der Waals surface area contributed by atoms with Crippen LogP contribution in [-0.4, -0.2) is 29.5 Å². The molecule has 2 aromatic carbocycles. The van der Waals surface area contributed by atoms with E-state index in [0.717, 1.165) is 5.56 Å². The van der Waals surface area contributed by atoms with Gasteiger partial charge in [0.2, 0.25) is 0 Å². The number of nitrogens with one attached hydrogen (secondary N) is 1. The predicted molar refractivity (Wildman–Crippen MR) is 124 cm³/mol. The molecule has 0 aliphatic rings. The molecule has 0 fully saturated rings. The topological polar surface area (TPSA) is 91.2 Å². The maximum atomic E-state index is 12.6. The van der Waals surface area contributed by atoms with Gasteiger partial charge in [0.1, 0.15) is 18.0 Å². The molecule has 0 aliphatic carbocycles. The van der Waals surface area contributed by atoms with Gasteiger partial charge in [-0.05, 0) is 61.0 Å². The van der Waals surface area contributed by atoms with Crippen molar-refractivity contribution in [2.75, 3.05) is 19.5 Å². The highest BCUT2D eigenvalue weighted by molar-refractivity contribution is 6.04. The number of fused-ring (bicyclic) bond motifs is 1. The van der Waals surface area contributed by atoms with Crippen molar-refractivity contribution >= 4 is 17.2 Å². The van der Waals surface area contributed by atoms with Gasteiger partial charge < -0.3 is 19.5 Å². The minimum absolute atomic E-state index is 0.150. The second-order valence-electron chi connectivity index (χ2n) is 7.31. The Morgan fingerprint density at radius 2 is 1.76 bits per heavy atom. The Hall–Kier alpha value is -4.33. The third-order valence-corrected chi connectivity index (χ3v) is 5.08. The quantitative estimate of drug-likeness (QED) is 0.465. The molecule has 1 N–H and O–H groups in total. The largest absolute Gasteiger partial charge is 0.493 e. The van der Waals surface area contributed by atoms with Crippen molar-refractivity contribution in [2.24, 2.45) is 0 Å². The Labute approximate surface area is 190 Å². The van der Waals surface area contributed by atoms with Crippen LogP contribution in [-0.2, 0) is 6.61 Å². The predicted octanol–water partition coefficient (Wildman–Crippen LogP) is 3.85. The van der Waals surface area contributed by atoms with Crippen LogP contribution in [0.15, 0.2) is 71.7 Å². The monoisotopic (exact) mass is 445 g/mol. The van der Waals surface area contributed by atoms with Gasteiger partial charge in [0.25, 0.3) is 11.5 Å². The van der Waals surface area contributed by atoms with E-state index in [1.54, 1.807) is 48.7 Å². The number of pyridine rings is 1. The van der Waals surface area contributed by atoms with Crippen LogP contribution in [0, 0.1) is 6.92 Å². The van der Waals surface area contributed by atoms with Crippen LogP contribution in [0.5, 0.6) is 17.2 Å². The normalized spacial score (nSPS) is 10.6. The lowest BCUT2D eigenvalue weighted by atomic mass is 10.2. The third kappa shape index (κ3) is 4.79. The average Bonchev–Trinajstić information content (AvgIpc) is 2.83. The first kappa shape index (κ1) is 21.9. The summed E-state index contributed by atoms with van der Waals surface area (Å²) in [6.45, 7) is 2.05. The van der Waals surface area contributed by atoms with Crippen molar-refractivity contribution in [3.63, 3.8) is 0 Å². The number of anilines is 1. The Bertz CT molecular complexity index is 1360. The molecule has 33 heavy (non-hydrogen) atoms. The molecule has 8 nitrogen and oxygen atoms in total. The Morgan fingerprint density at radius 3 is 2.48 bits per heavy atom. The van der Waals surface area contributed by atoms with Crippen molar-refractivity contribution < 1.29 is 19.0 Å². The van der Waals surface area contributed by atoms with Crippen LogP contribution >= 0.6 is 0 Å². The summed E-state index contributed by atoms with van der Waals surface area (Å²) in [5.74, 6) is 1.34. The van der Waals surface area contributed by atoms with Gasteiger partial charge in [-0.3, -0.25) is 14.0 Å². The molecule has 4 rings (SSSR count). The highest BCUT2D eigenvalue weighted by Gasteiger charge is 2.11. The van der Waals surface area contributed by atoms with E-state index in [9.17, 15) is 9.59 Å². The molecule has 8 heteroatoms. The number of methoxy groups -OCH3 is 2. The molecule has 168 valence electrons. The Kier molecular flexibility index (Phi) is 6.26. The van der Waals surface area contributed by atoms with Gasteiger partial charge in [-0.1, -0.05) is 6.07 Å². The second-order valence-corrected chi connectivity index (χ2v) is 7.31. The molecule has 0 radical (unpaired) electrons. The number of aryl methyl sites for hydroxylation is 1. The minimum atomic E-state index is -0.277. The first-order valence-electron chi connectivity index (χ1n) is 10.2. The number of benzene rings is 2. The van der Waals surface area contributed by atoms with Gasteiger partial charge in [0, 0.05) is 23.5 Å². The lowest BCUT2D eigenvalue weighted by Gasteiger charge is -2.11. The fraction of sp³-hybridized carbons (Fsp3) is 0.160. The zero-order valence-corrected chi connectivity index (χ0v) is 18.5. The maximum absolute atomic E-state index is 12.6. The zero-order chi connectivity index (χ0) is 23.4. The van der Waals surface area contributed by atoms with Gasteiger partial charge in [-0.25, -0.2) is 4.98 Å². The SMILES string of the molecule is COc1ccc(C(=O)Nc2ccc(OCc3cc(=O)n4cccc(C)c4n3)cc2)cc1OC. The van der Waals surface area contributed by atoms with Gasteiger partial charge >= 0.3 is 0 Å². The van der Waals surface area contributed by atoms with Crippen molar-refractivity contribution in [2.45, 2.75) is 13.5 Å². The van der Waals surface area contributed by atoms with Gasteiger partial charge in [0.15, 0.2) is 11.5 Å². The Balaban J connectivity index is 1.42. The molecular weight excluding hydrogens is 422 g/mol. The van der Waals surface area contributed by atoms with Crippen LogP contribution in [0.2, 0.25) is 0 Å². The summed E-state index contributed by atoms with van der Waals surface area (Å²) in [7, 11) is 3.06. The summed E-state index contributed by atoms with van der Waals surface area (Å²) in [6.07, 6.45) is 1.69. The van der Waals surface area contributed by atoms with E-state index in [0.29, 0.717) is 39.8 Å². The molecule has 0 unspecified atom stereocenters. The lowest BCUT2D eigenvalue weighted by molar-refractivity contribution is 0.102. The Morgan fingerprint density at radius 1 is 1.00 bits per heavy atom. The fourth-order valence-corrected chi connectivity index (χ4v) is 3.36. The van der Waals surface area contributed by atoms with Crippen LogP contribution in [0.4, 0.5) is 5.69 Å². The number of amides is 1. The summed E-state index contributed by atoms with van der Waals surface area (Å²) >= 11 is 0. The molecule has 2 aromatic heterocycles. The van der Waals surface area contributed by atoms with E-state index in [2.05, 4.69) is 10.3 Å². The minimum Gasteiger partial charge on any atom is -0.493 e. The molecule has 2 heterocycles. The molecule has 0 saturated carbocycles. The first-order chi connectivity index (χ1) is 16.0. The van der Waals surface area contributed by atoms with Crippen LogP contribution in [0.3, 0.4) is 0 Å². The van der Waals surface area contributed by atoms with E-state index in [1.807, 2.05) is 19.1 Å². The molecule has 0 bridgehead atoms. The number of carbonyl (C=O) groups excluding carboxylic acids is 1. The number of nitrogens with zero attached hydrogens (tertiary/aromatic N) is 2. The summed E-state index contributed by atoms with van der Waals surface area (Å²) in [6, 6.07) is 17.1. The van der Waals surface area contributed by atoms with Crippen molar-refractivity contribution in [1.29, 1.82) is 0 Å². The number of carbonyl (C=O) groups is 1. The van der Waals surface area contributed by atoms with Gasteiger partial charge in [-0.2, -0.15) is 0 Å². The number of ether oxygens (including phenoxy) is 3. The van der Waals surface area contributed by atoms with E-state index in [4.69, 9.17) is 14.2 Å². The van der Waals surface area contributed by atoms with Crippen molar-refractivity contribution in [1.82, 2.24) is 9.38 Å². The second kappa shape index (κ2) is 9.44. The standard InChI is InChI=1S/C25H23N3O5/c1-16-5-4-12-28-23(29)14-19(26-24(16)28)15-33-20-9-7-18(8-10-20)27-25(30)17-6-11-21(31-2)22(13-17)32-3/h4-14H,15H2,1-3H3,(H,27,30).